The SMILES string of the molecule is Cc1cc(C(C)NS(=O)(=O)c2cc(CO)sc2C)c(C)s1. The fourth-order valence-electron chi connectivity index (χ4n) is 2.31. The predicted octanol–water partition coefficient (Wildman–Crippen LogP) is 3.27. The van der Waals surface area contributed by atoms with Gasteiger partial charge in [-0.1, -0.05) is 0 Å². The van der Waals surface area contributed by atoms with Crippen LogP contribution in [0.5, 0.6) is 0 Å². The van der Waals surface area contributed by atoms with Gasteiger partial charge in [0.15, 0.2) is 0 Å². The summed E-state index contributed by atoms with van der Waals surface area (Å²) in [7, 11) is -3.58. The Morgan fingerprint density at radius 2 is 1.86 bits per heavy atom. The van der Waals surface area contributed by atoms with Crippen molar-refractivity contribution < 1.29 is 13.5 Å². The highest BCUT2D eigenvalue weighted by Crippen LogP contribution is 2.30. The molecule has 7 heteroatoms. The second-order valence-corrected chi connectivity index (χ2v) is 9.49. The maximum atomic E-state index is 12.5. The molecular formula is C14H19NO3S3. The third-order valence-electron chi connectivity index (χ3n) is 3.25. The average molecular weight is 346 g/mol. The van der Waals surface area contributed by atoms with E-state index in [1.807, 2.05) is 26.8 Å². The van der Waals surface area contributed by atoms with Crippen molar-refractivity contribution in [2.75, 3.05) is 0 Å². The molecule has 4 nitrogen and oxygen atoms in total. The molecule has 2 aromatic heterocycles. The Labute approximate surface area is 133 Å². The van der Waals surface area contributed by atoms with Gasteiger partial charge < -0.3 is 5.11 Å². The second kappa shape index (κ2) is 6.18. The summed E-state index contributed by atoms with van der Waals surface area (Å²) < 4.78 is 27.7. The van der Waals surface area contributed by atoms with Crippen LogP contribution < -0.4 is 4.72 Å². The van der Waals surface area contributed by atoms with E-state index < -0.39 is 10.0 Å². The van der Waals surface area contributed by atoms with Gasteiger partial charge in [0, 0.05) is 25.6 Å². The number of thiophene rings is 2. The quantitative estimate of drug-likeness (QED) is 0.874. The summed E-state index contributed by atoms with van der Waals surface area (Å²) in [5.41, 5.74) is 1.01. The summed E-state index contributed by atoms with van der Waals surface area (Å²) >= 11 is 2.97. The lowest BCUT2D eigenvalue weighted by molar-refractivity contribution is 0.285. The van der Waals surface area contributed by atoms with E-state index in [2.05, 4.69) is 4.72 Å². The molecule has 0 radical (unpaired) electrons. The van der Waals surface area contributed by atoms with Crippen LogP contribution in [0.2, 0.25) is 0 Å². The average Bonchev–Trinajstić information content (AvgIpc) is 2.91. The van der Waals surface area contributed by atoms with Gasteiger partial charge in [0.25, 0.3) is 0 Å². The van der Waals surface area contributed by atoms with Crippen LogP contribution in [0.25, 0.3) is 0 Å². The van der Waals surface area contributed by atoms with Gasteiger partial charge in [-0.25, -0.2) is 13.1 Å². The van der Waals surface area contributed by atoms with Crippen LogP contribution in [0.15, 0.2) is 17.0 Å². The van der Waals surface area contributed by atoms with Crippen LogP contribution in [-0.4, -0.2) is 13.5 Å². The van der Waals surface area contributed by atoms with Crippen molar-refractivity contribution >= 4 is 32.7 Å². The van der Waals surface area contributed by atoms with Crippen molar-refractivity contribution in [3.05, 3.63) is 37.2 Å². The molecule has 0 aromatic carbocycles. The van der Waals surface area contributed by atoms with Gasteiger partial charge in [-0.2, -0.15) is 0 Å². The zero-order valence-corrected chi connectivity index (χ0v) is 14.9. The molecule has 1 unspecified atom stereocenters. The van der Waals surface area contributed by atoms with Crippen molar-refractivity contribution in [3.8, 4) is 0 Å². The summed E-state index contributed by atoms with van der Waals surface area (Å²) in [5, 5.41) is 9.14. The molecule has 0 saturated heterocycles. The molecule has 0 amide bonds. The summed E-state index contributed by atoms with van der Waals surface area (Å²) in [4.78, 5) is 3.90. The molecule has 0 bridgehead atoms. The Bertz CT molecular complexity index is 744. The van der Waals surface area contributed by atoms with E-state index in [0.717, 1.165) is 10.4 Å². The number of aliphatic hydroxyl groups excluding tert-OH is 1. The van der Waals surface area contributed by atoms with E-state index in [0.29, 0.717) is 9.75 Å². The van der Waals surface area contributed by atoms with Crippen molar-refractivity contribution in [3.63, 3.8) is 0 Å². The summed E-state index contributed by atoms with van der Waals surface area (Å²) in [6, 6.07) is 3.28. The molecule has 1 atom stereocenters. The molecule has 2 heterocycles. The second-order valence-electron chi connectivity index (χ2n) is 5.00. The minimum atomic E-state index is -3.58. The molecule has 0 aliphatic heterocycles. The van der Waals surface area contributed by atoms with Crippen LogP contribution >= 0.6 is 22.7 Å². The van der Waals surface area contributed by atoms with Gasteiger partial charge >= 0.3 is 0 Å². The minimum Gasteiger partial charge on any atom is -0.391 e. The number of rotatable bonds is 5. The Kier molecular flexibility index (Phi) is 4.89. The van der Waals surface area contributed by atoms with Crippen molar-refractivity contribution in [2.24, 2.45) is 0 Å². The van der Waals surface area contributed by atoms with Crippen LogP contribution in [0.3, 0.4) is 0 Å². The molecule has 2 aromatic rings. The number of hydrogen-bond acceptors (Lipinski definition) is 5. The Morgan fingerprint density at radius 3 is 2.33 bits per heavy atom. The summed E-state index contributed by atoms with van der Waals surface area (Å²) in [6.45, 7) is 7.47. The molecule has 0 spiro atoms. The Morgan fingerprint density at radius 1 is 1.19 bits per heavy atom. The molecule has 0 aliphatic carbocycles. The fourth-order valence-corrected chi connectivity index (χ4v) is 6.05. The maximum absolute atomic E-state index is 12.5. The monoisotopic (exact) mass is 345 g/mol. The van der Waals surface area contributed by atoms with E-state index in [4.69, 9.17) is 5.11 Å². The lowest BCUT2D eigenvalue weighted by Gasteiger charge is -2.14. The molecule has 2 rings (SSSR count). The first-order valence-electron chi connectivity index (χ1n) is 6.54. The number of sulfonamides is 1. The number of aliphatic hydroxyl groups is 1. The topological polar surface area (TPSA) is 66.4 Å². The van der Waals surface area contributed by atoms with E-state index in [9.17, 15) is 8.42 Å². The number of nitrogens with one attached hydrogen (secondary N) is 1. The first-order chi connectivity index (χ1) is 9.74. The third kappa shape index (κ3) is 3.54. The number of aryl methyl sites for hydroxylation is 3. The zero-order valence-electron chi connectivity index (χ0n) is 12.4. The van der Waals surface area contributed by atoms with Crippen molar-refractivity contribution in [1.29, 1.82) is 0 Å². The van der Waals surface area contributed by atoms with Crippen LogP contribution in [0.4, 0.5) is 0 Å². The Balaban J connectivity index is 2.28. The van der Waals surface area contributed by atoms with Crippen LogP contribution in [-0.2, 0) is 16.6 Å². The van der Waals surface area contributed by atoms with Crippen molar-refractivity contribution in [1.82, 2.24) is 4.72 Å². The molecule has 21 heavy (non-hydrogen) atoms. The highest BCUT2D eigenvalue weighted by atomic mass is 32.2. The molecular weight excluding hydrogens is 326 g/mol. The Hall–Kier alpha value is -0.730. The lowest BCUT2D eigenvalue weighted by Crippen LogP contribution is -2.27. The fraction of sp³-hybridized carbons (Fsp3) is 0.429. The molecule has 0 aliphatic rings. The van der Waals surface area contributed by atoms with Gasteiger partial charge in [-0.15, -0.1) is 22.7 Å². The van der Waals surface area contributed by atoms with Crippen LogP contribution in [0.1, 0.15) is 38.0 Å². The first kappa shape index (κ1) is 16.6. The first-order valence-corrected chi connectivity index (χ1v) is 9.65. The molecule has 0 fully saturated rings. The molecule has 2 N–H and O–H groups in total. The van der Waals surface area contributed by atoms with Crippen molar-refractivity contribution in [2.45, 2.75) is 45.2 Å². The van der Waals surface area contributed by atoms with Gasteiger partial charge in [0.1, 0.15) is 0 Å². The zero-order chi connectivity index (χ0) is 15.8. The van der Waals surface area contributed by atoms with E-state index in [1.54, 1.807) is 24.3 Å². The van der Waals surface area contributed by atoms with E-state index in [-0.39, 0.29) is 17.5 Å². The largest absolute Gasteiger partial charge is 0.391 e. The summed E-state index contributed by atoms with van der Waals surface area (Å²) in [6.07, 6.45) is 0. The standard InChI is InChI=1S/C14H19NO3S3/c1-8-5-13(10(3)19-8)9(2)15-21(17,18)14-6-12(7-16)20-11(14)4/h5-6,9,15-16H,7H2,1-4H3. The van der Waals surface area contributed by atoms with Gasteiger partial charge in [-0.3, -0.25) is 0 Å². The van der Waals surface area contributed by atoms with E-state index >= 15 is 0 Å². The normalized spacial score (nSPS) is 13.6. The molecule has 116 valence electrons. The highest BCUT2D eigenvalue weighted by molar-refractivity contribution is 7.89. The van der Waals surface area contributed by atoms with Gasteiger partial charge in [-0.05, 0) is 45.4 Å². The van der Waals surface area contributed by atoms with Gasteiger partial charge in [0.2, 0.25) is 10.0 Å². The summed E-state index contributed by atoms with van der Waals surface area (Å²) in [5.74, 6) is 0. The minimum absolute atomic E-state index is 0.139. The maximum Gasteiger partial charge on any atom is 0.242 e. The number of hydrogen-bond donors (Lipinski definition) is 2. The highest BCUT2D eigenvalue weighted by Gasteiger charge is 2.23. The third-order valence-corrected chi connectivity index (χ3v) is 7.06. The van der Waals surface area contributed by atoms with Crippen LogP contribution in [0, 0.1) is 20.8 Å². The van der Waals surface area contributed by atoms with E-state index in [1.165, 1.54) is 16.2 Å². The predicted molar refractivity (Wildman–Crippen MR) is 87.5 cm³/mol. The molecule has 0 saturated carbocycles. The smallest absolute Gasteiger partial charge is 0.242 e. The lowest BCUT2D eigenvalue weighted by atomic mass is 10.1. The van der Waals surface area contributed by atoms with Gasteiger partial charge in [0.05, 0.1) is 11.5 Å².